The summed E-state index contributed by atoms with van der Waals surface area (Å²) in [4.78, 5) is 11.1. The Balaban J connectivity index is 2.28. The molecule has 0 atom stereocenters. The highest BCUT2D eigenvalue weighted by molar-refractivity contribution is 6.34. The van der Waals surface area contributed by atoms with Crippen LogP contribution in [0.2, 0.25) is 5.02 Å². The van der Waals surface area contributed by atoms with E-state index in [1.54, 1.807) is 0 Å². The molecule has 0 unspecified atom stereocenters. The number of halogens is 2. The second kappa shape index (κ2) is 4.39. The van der Waals surface area contributed by atoms with E-state index in [9.17, 15) is 4.79 Å². The maximum absolute atomic E-state index is 11.1. The molecule has 1 aliphatic heterocycles. The standard InChI is InChI=1S/C10H9Cl2NO2/c11-3-10(14)13-9-2-7-5-15-4-6(7)1-8(9)12/h1-2H,3-5H2,(H,13,14). The van der Waals surface area contributed by atoms with Crippen molar-refractivity contribution in [3.8, 4) is 0 Å². The second-order valence-electron chi connectivity index (χ2n) is 3.28. The maximum Gasteiger partial charge on any atom is 0.239 e. The van der Waals surface area contributed by atoms with Gasteiger partial charge in [-0.2, -0.15) is 0 Å². The number of nitrogens with one attached hydrogen (secondary N) is 1. The summed E-state index contributed by atoms with van der Waals surface area (Å²) in [6.07, 6.45) is 0. The van der Waals surface area contributed by atoms with Gasteiger partial charge in [0.05, 0.1) is 23.9 Å². The van der Waals surface area contributed by atoms with Crippen molar-refractivity contribution in [2.24, 2.45) is 0 Å². The molecule has 0 saturated carbocycles. The van der Waals surface area contributed by atoms with Crippen molar-refractivity contribution in [3.63, 3.8) is 0 Å². The third-order valence-corrected chi connectivity index (χ3v) is 2.76. The molecule has 1 aromatic carbocycles. The zero-order chi connectivity index (χ0) is 10.8. The van der Waals surface area contributed by atoms with Crippen LogP contribution in [0.4, 0.5) is 5.69 Å². The molecule has 0 aromatic heterocycles. The van der Waals surface area contributed by atoms with Gasteiger partial charge in [0, 0.05) is 0 Å². The van der Waals surface area contributed by atoms with Crippen LogP contribution < -0.4 is 5.32 Å². The SMILES string of the molecule is O=C(CCl)Nc1cc2c(cc1Cl)COC2. The lowest BCUT2D eigenvalue weighted by atomic mass is 10.1. The minimum Gasteiger partial charge on any atom is -0.372 e. The number of carbonyl (C=O) groups is 1. The molecule has 1 aliphatic rings. The van der Waals surface area contributed by atoms with E-state index < -0.39 is 0 Å². The summed E-state index contributed by atoms with van der Waals surface area (Å²) < 4.78 is 5.26. The molecule has 0 bridgehead atoms. The van der Waals surface area contributed by atoms with Crippen LogP contribution in [0.25, 0.3) is 0 Å². The highest BCUT2D eigenvalue weighted by Crippen LogP contribution is 2.30. The maximum atomic E-state index is 11.1. The van der Waals surface area contributed by atoms with Gasteiger partial charge in [0.15, 0.2) is 0 Å². The summed E-state index contributed by atoms with van der Waals surface area (Å²) in [7, 11) is 0. The Bertz CT molecular complexity index is 407. The number of hydrogen-bond donors (Lipinski definition) is 1. The minimum absolute atomic E-state index is 0.0795. The molecule has 0 fully saturated rings. The number of ether oxygens (including phenoxy) is 1. The van der Waals surface area contributed by atoms with Crippen LogP contribution in [-0.2, 0) is 22.7 Å². The number of hydrogen-bond acceptors (Lipinski definition) is 2. The number of carbonyl (C=O) groups excluding carboxylic acids is 1. The van der Waals surface area contributed by atoms with Crippen molar-refractivity contribution >= 4 is 34.8 Å². The monoisotopic (exact) mass is 245 g/mol. The quantitative estimate of drug-likeness (QED) is 0.814. The van der Waals surface area contributed by atoms with E-state index in [-0.39, 0.29) is 11.8 Å². The molecule has 0 radical (unpaired) electrons. The lowest BCUT2D eigenvalue weighted by Crippen LogP contribution is -2.13. The van der Waals surface area contributed by atoms with Crippen molar-refractivity contribution < 1.29 is 9.53 Å². The Morgan fingerprint density at radius 3 is 2.73 bits per heavy atom. The summed E-state index contributed by atoms with van der Waals surface area (Å²) >= 11 is 11.4. The third-order valence-electron chi connectivity index (χ3n) is 2.20. The van der Waals surface area contributed by atoms with Crippen LogP contribution in [0.1, 0.15) is 11.1 Å². The molecule has 80 valence electrons. The van der Waals surface area contributed by atoms with E-state index in [1.807, 2.05) is 12.1 Å². The van der Waals surface area contributed by atoms with Gasteiger partial charge < -0.3 is 10.1 Å². The number of benzene rings is 1. The fourth-order valence-electron chi connectivity index (χ4n) is 1.48. The average molecular weight is 246 g/mol. The first-order valence-electron chi connectivity index (χ1n) is 4.45. The summed E-state index contributed by atoms with van der Waals surface area (Å²) in [5, 5.41) is 3.14. The zero-order valence-electron chi connectivity index (χ0n) is 7.85. The van der Waals surface area contributed by atoms with Crippen LogP contribution in [0, 0.1) is 0 Å². The number of anilines is 1. The van der Waals surface area contributed by atoms with Gasteiger partial charge in [-0.3, -0.25) is 4.79 Å². The molecule has 1 N–H and O–H groups in total. The molecule has 0 aliphatic carbocycles. The molecule has 0 saturated heterocycles. The molecular formula is C10H9Cl2NO2. The van der Waals surface area contributed by atoms with Crippen molar-refractivity contribution in [2.45, 2.75) is 13.2 Å². The number of amides is 1. The van der Waals surface area contributed by atoms with Gasteiger partial charge >= 0.3 is 0 Å². The van der Waals surface area contributed by atoms with Gasteiger partial charge in [0.1, 0.15) is 5.88 Å². The van der Waals surface area contributed by atoms with Gasteiger partial charge in [-0.05, 0) is 23.3 Å². The summed E-state index contributed by atoms with van der Waals surface area (Å²) in [5.74, 6) is -0.346. The Hall–Kier alpha value is -0.770. The Morgan fingerprint density at radius 1 is 1.40 bits per heavy atom. The van der Waals surface area contributed by atoms with Gasteiger partial charge in [-0.25, -0.2) is 0 Å². The molecule has 5 heteroatoms. The summed E-state index contributed by atoms with van der Waals surface area (Å²) in [6, 6.07) is 3.64. The second-order valence-corrected chi connectivity index (χ2v) is 3.95. The Kier molecular flexibility index (Phi) is 3.14. The Morgan fingerprint density at radius 2 is 2.07 bits per heavy atom. The van der Waals surface area contributed by atoms with E-state index >= 15 is 0 Å². The number of rotatable bonds is 2. The first kappa shape index (κ1) is 10.7. The normalized spacial score (nSPS) is 13.7. The predicted octanol–water partition coefficient (Wildman–Crippen LogP) is 2.55. The highest BCUT2D eigenvalue weighted by atomic mass is 35.5. The molecule has 1 heterocycles. The van der Waals surface area contributed by atoms with Gasteiger partial charge in [0.2, 0.25) is 5.91 Å². The van der Waals surface area contributed by atoms with Gasteiger partial charge in [-0.15, -0.1) is 11.6 Å². The van der Waals surface area contributed by atoms with E-state index in [1.165, 1.54) is 0 Å². The van der Waals surface area contributed by atoms with Crippen LogP contribution in [0.3, 0.4) is 0 Å². The van der Waals surface area contributed by atoms with E-state index in [0.29, 0.717) is 23.9 Å². The first-order valence-corrected chi connectivity index (χ1v) is 5.37. The fourth-order valence-corrected chi connectivity index (χ4v) is 1.78. The lowest BCUT2D eigenvalue weighted by molar-refractivity contribution is -0.113. The number of fused-ring (bicyclic) bond motifs is 1. The summed E-state index contributed by atoms with van der Waals surface area (Å²) in [5.41, 5.74) is 2.72. The molecule has 2 rings (SSSR count). The molecule has 1 aromatic rings. The van der Waals surface area contributed by atoms with Crippen molar-refractivity contribution in [1.29, 1.82) is 0 Å². The molecule has 15 heavy (non-hydrogen) atoms. The van der Waals surface area contributed by atoms with Crippen LogP contribution >= 0.6 is 23.2 Å². The topological polar surface area (TPSA) is 38.3 Å². The summed E-state index contributed by atoms with van der Waals surface area (Å²) in [6.45, 7) is 1.15. The van der Waals surface area contributed by atoms with Crippen molar-refractivity contribution in [3.05, 3.63) is 28.3 Å². The smallest absolute Gasteiger partial charge is 0.239 e. The molecule has 3 nitrogen and oxygen atoms in total. The predicted molar refractivity (Wildman–Crippen MR) is 59.3 cm³/mol. The third kappa shape index (κ3) is 2.25. The largest absolute Gasteiger partial charge is 0.372 e. The fraction of sp³-hybridized carbons (Fsp3) is 0.300. The van der Waals surface area contributed by atoms with Gasteiger partial charge in [-0.1, -0.05) is 11.6 Å². The lowest BCUT2D eigenvalue weighted by Gasteiger charge is -2.07. The highest BCUT2D eigenvalue weighted by Gasteiger charge is 2.15. The van der Waals surface area contributed by atoms with E-state index in [0.717, 1.165) is 11.1 Å². The van der Waals surface area contributed by atoms with Gasteiger partial charge in [0.25, 0.3) is 0 Å². The van der Waals surface area contributed by atoms with Crippen LogP contribution in [0.15, 0.2) is 12.1 Å². The molecule has 1 amide bonds. The van der Waals surface area contributed by atoms with Crippen LogP contribution in [-0.4, -0.2) is 11.8 Å². The minimum atomic E-state index is -0.266. The molecule has 0 spiro atoms. The van der Waals surface area contributed by atoms with E-state index in [4.69, 9.17) is 27.9 Å². The average Bonchev–Trinajstić information content (AvgIpc) is 2.65. The van der Waals surface area contributed by atoms with Crippen LogP contribution in [0.5, 0.6) is 0 Å². The van der Waals surface area contributed by atoms with Crippen molar-refractivity contribution in [1.82, 2.24) is 0 Å². The zero-order valence-corrected chi connectivity index (χ0v) is 9.36. The first-order chi connectivity index (χ1) is 7.20. The Labute approximate surface area is 97.3 Å². The van der Waals surface area contributed by atoms with E-state index in [2.05, 4.69) is 5.32 Å². The van der Waals surface area contributed by atoms with Crippen molar-refractivity contribution in [2.75, 3.05) is 11.2 Å². The number of alkyl halides is 1. The molecular weight excluding hydrogens is 237 g/mol.